The number of aromatic nitrogens is 4. The number of hydrogen-bond acceptors (Lipinski definition) is 4. The van der Waals surface area contributed by atoms with E-state index in [1.165, 1.54) is 0 Å². The maximum atomic E-state index is 12.6. The molecule has 28 heavy (non-hydrogen) atoms. The van der Waals surface area contributed by atoms with Crippen molar-refractivity contribution in [3.8, 4) is 5.69 Å². The summed E-state index contributed by atoms with van der Waals surface area (Å²) in [7, 11) is 0. The van der Waals surface area contributed by atoms with Crippen LogP contribution in [0.3, 0.4) is 0 Å². The van der Waals surface area contributed by atoms with Crippen molar-refractivity contribution in [2.24, 2.45) is 0 Å². The Morgan fingerprint density at radius 3 is 2.96 bits per heavy atom. The number of imidazole rings is 1. The molecule has 4 rings (SSSR count). The number of carbonyl (C=O) groups is 1. The van der Waals surface area contributed by atoms with Gasteiger partial charge in [-0.15, -0.1) is 0 Å². The van der Waals surface area contributed by atoms with E-state index in [0.717, 1.165) is 48.7 Å². The molecule has 2 N–H and O–H groups in total. The lowest BCUT2D eigenvalue weighted by Gasteiger charge is -2.23. The Bertz CT molecular complexity index is 938. The van der Waals surface area contributed by atoms with Gasteiger partial charge in [-0.3, -0.25) is 9.48 Å². The second-order valence-electron chi connectivity index (χ2n) is 7.21. The summed E-state index contributed by atoms with van der Waals surface area (Å²) in [5, 5.41) is 10.8. The highest BCUT2D eigenvalue weighted by Crippen LogP contribution is 2.22. The van der Waals surface area contributed by atoms with E-state index in [2.05, 4.69) is 20.7 Å². The van der Waals surface area contributed by atoms with Gasteiger partial charge in [-0.25, -0.2) is 4.98 Å². The van der Waals surface area contributed by atoms with Crippen molar-refractivity contribution >= 4 is 5.91 Å². The van der Waals surface area contributed by atoms with Gasteiger partial charge in [0.15, 0.2) is 0 Å². The largest absolute Gasteiger partial charge is 0.350 e. The molecule has 0 saturated carbocycles. The van der Waals surface area contributed by atoms with Gasteiger partial charge >= 0.3 is 0 Å². The number of para-hydroxylation sites is 1. The highest BCUT2D eigenvalue weighted by atomic mass is 16.2. The molecule has 0 bridgehead atoms. The minimum absolute atomic E-state index is 0.0362. The van der Waals surface area contributed by atoms with Crippen LogP contribution in [0, 0.1) is 6.92 Å². The van der Waals surface area contributed by atoms with Crippen molar-refractivity contribution in [1.29, 1.82) is 0 Å². The molecule has 1 aliphatic rings. The van der Waals surface area contributed by atoms with Crippen LogP contribution in [-0.4, -0.2) is 38.3 Å². The van der Waals surface area contributed by atoms with E-state index >= 15 is 0 Å². The van der Waals surface area contributed by atoms with E-state index in [1.807, 2.05) is 52.7 Å². The van der Waals surface area contributed by atoms with Crippen LogP contribution < -0.4 is 10.6 Å². The fourth-order valence-electron chi connectivity index (χ4n) is 3.84. The van der Waals surface area contributed by atoms with Crippen molar-refractivity contribution in [2.45, 2.75) is 38.8 Å². The Labute approximate surface area is 164 Å². The zero-order valence-electron chi connectivity index (χ0n) is 16.1. The van der Waals surface area contributed by atoms with Crippen LogP contribution >= 0.6 is 0 Å². The number of piperidine rings is 1. The number of rotatable bonds is 6. The second kappa shape index (κ2) is 8.39. The molecule has 1 amide bonds. The quantitative estimate of drug-likeness (QED) is 0.689. The first-order chi connectivity index (χ1) is 13.7. The molecule has 1 unspecified atom stereocenters. The predicted molar refractivity (Wildman–Crippen MR) is 107 cm³/mol. The molecule has 1 saturated heterocycles. The normalized spacial score (nSPS) is 16.8. The molecule has 3 aromatic rings. The van der Waals surface area contributed by atoms with E-state index in [9.17, 15) is 4.79 Å². The summed E-state index contributed by atoms with van der Waals surface area (Å²) in [6, 6.07) is 10.1. The van der Waals surface area contributed by atoms with E-state index < -0.39 is 0 Å². The van der Waals surface area contributed by atoms with Gasteiger partial charge in [0.1, 0.15) is 12.4 Å². The first-order valence-electron chi connectivity index (χ1n) is 9.80. The van der Waals surface area contributed by atoms with Crippen molar-refractivity contribution in [1.82, 2.24) is 30.0 Å². The molecule has 0 aliphatic carbocycles. The topological polar surface area (TPSA) is 76.8 Å². The summed E-state index contributed by atoms with van der Waals surface area (Å²) in [6.45, 7) is 4.69. The fraction of sp³-hybridized carbons (Fsp3) is 0.381. The Balaban J connectivity index is 1.41. The number of carbonyl (C=O) groups excluding carboxylic acids is 1. The van der Waals surface area contributed by atoms with Gasteiger partial charge in [0.2, 0.25) is 5.91 Å². The van der Waals surface area contributed by atoms with Crippen LogP contribution in [0.1, 0.15) is 35.8 Å². The van der Waals surface area contributed by atoms with Gasteiger partial charge in [-0.1, -0.05) is 18.2 Å². The minimum Gasteiger partial charge on any atom is -0.350 e. The first kappa shape index (κ1) is 18.4. The molecule has 146 valence electrons. The standard InChI is InChI=1S/C21H26N6O/c1-16-23-11-12-26(16)19-7-3-2-5-18(19)14-24-21(28)15-27-20(8-10-25-27)17-6-4-9-22-13-17/h2-3,5,7-8,10-12,17,22H,4,6,9,13-15H2,1H3,(H,24,28). The highest BCUT2D eigenvalue weighted by Gasteiger charge is 2.20. The zero-order valence-corrected chi connectivity index (χ0v) is 16.1. The lowest BCUT2D eigenvalue weighted by atomic mass is 9.96. The van der Waals surface area contributed by atoms with E-state index in [-0.39, 0.29) is 12.5 Å². The summed E-state index contributed by atoms with van der Waals surface area (Å²) in [5.74, 6) is 1.31. The third-order valence-electron chi connectivity index (χ3n) is 5.31. The van der Waals surface area contributed by atoms with Crippen molar-refractivity contribution in [3.05, 3.63) is 66.0 Å². The average molecular weight is 378 g/mol. The Hall–Kier alpha value is -2.93. The van der Waals surface area contributed by atoms with Gasteiger partial charge < -0.3 is 15.2 Å². The molecule has 7 nitrogen and oxygen atoms in total. The monoisotopic (exact) mass is 378 g/mol. The van der Waals surface area contributed by atoms with E-state index in [4.69, 9.17) is 0 Å². The molecule has 0 radical (unpaired) electrons. The third-order valence-corrected chi connectivity index (χ3v) is 5.31. The number of aryl methyl sites for hydroxylation is 1. The van der Waals surface area contributed by atoms with Gasteiger partial charge in [0, 0.05) is 43.3 Å². The van der Waals surface area contributed by atoms with Gasteiger partial charge in [-0.05, 0) is 44.0 Å². The molecule has 3 heterocycles. The summed E-state index contributed by atoms with van der Waals surface area (Å²) < 4.78 is 3.86. The predicted octanol–water partition coefficient (Wildman–Crippen LogP) is 2.16. The smallest absolute Gasteiger partial charge is 0.242 e. The van der Waals surface area contributed by atoms with Gasteiger partial charge in [0.25, 0.3) is 0 Å². The van der Waals surface area contributed by atoms with E-state index in [1.54, 1.807) is 12.4 Å². The van der Waals surface area contributed by atoms with Crippen molar-refractivity contribution in [3.63, 3.8) is 0 Å². The highest BCUT2D eigenvalue weighted by molar-refractivity contribution is 5.75. The van der Waals surface area contributed by atoms with Crippen LogP contribution in [0.15, 0.2) is 48.9 Å². The molecule has 1 fully saturated rings. The number of amides is 1. The van der Waals surface area contributed by atoms with Crippen LogP contribution in [0.5, 0.6) is 0 Å². The first-order valence-corrected chi connectivity index (χ1v) is 9.80. The summed E-state index contributed by atoms with van der Waals surface area (Å²) >= 11 is 0. The number of nitrogens with one attached hydrogen (secondary N) is 2. The molecule has 7 heteroatoms. The molecule has 1 atom stereocenters. The van der Waals surface area contributed by atoms with Crippen LogP contribution in [-0.2, 0) is 17.9 Å². The number of hydrogen-bond donors (Lipinski definition) is 2. The average Bonchev–Trinajstić information content (AvgIpc) is 3.36. The van der Waals surface area contributed by atoms with E-state index in [0.29, 0.717) is 12.5 Å². The molecular weight excluding hydrogens is 352 g/mol. The summed E-state index contributed by atoms with van der Waals surface area (Å²) in [6.07, 6.45) is 7.80. The molecule has 1 aromatic carbocycles. The fourth-order valence-corrected chi connectivity index (χ4v) is 3.84. The van der Waals surface area contributed by atoms with Gasteiger partial charge in [0.05, 0.1) is 5.69 Å². The Morgan fingerprint density at radius 1 is 1.29 bits per heavy atom. The zero-order chi connectivity index (χ0) is 19.3. The van der Waals surface area contributed by atoms with Crippen molar-refractivity contribution in [2.75, 3.05) is 13.1 Å². The Kier molecular flexibility index (Phi) is 5.53. The SMILES string of the molecule is Cc1nccn1-c1ccccc1CNC(=O)Cn1nccc1C1CCCNC1. The summed E-state index contributed by atoms with van der Waals surface area (Å²) in [5.41, 5.74) is 3.22. The maximum absolute atomic E-state index is 12.6. The van der Waals surface area contributed by atoms with Gasteiger partial charge in [-0.2, -0.15) is 5.10 Å². The summed E-state index contributed by atoms with van der Waals surface area (Å²) in [4.78, 5) is 16.9. The second-order valence-corrected chi connectivity index (χ2v) is 7.21. The maximum Gasteiger partial charge on any atom is 0.242 e. The Morgan fingerprint density at radius 2 is 2.18 bits per heavy atom. The van der Waals surface area contributed by atoms with Crippen LogP contribution in [0.2, 0.25) is 0 Å². The number of nitrogens with zero attached hydrogens (tertiary/aromatic N) is 4. The number of benzene rings is 1. The molecule has 1 aliphatic heterocycles. The lowest BCUT2D eigenvalue weighted by Crippen LogP contribution is -2.32. The molecule has 0 spiro atoms. The third kappa shape index (κ3) is 3.99. The molecular formula is C21H26N6O. The van der Waals surface area contributed by atoms with Crippen LogP contribution in [0.4, 0.5) is 0 Å². The minimum atomic E-state index is -0.0362. The lowest BCUT2D eigenvalue weighted by molar-refractivity contribution is -0.122. The van der Waals surface area contributed by atoms with Crippen molar-refractivity contribution < 1.29 is 4.79 Å². The van der Waals surface area contributed by atoms with Crippen LogP contribution in [0.25, 0.3) is 5.69 Å². The molecule has 2 aromatic heterocycles.